The topological polar surface area (TPSA) is 0 Å². The molecule has 0 saturated heterocycles. The predicted molar refractivity (Wildman–Crippen MR) is 34.2 cm³/mol. The second-order valence-electron chi connectivity index (χ2n) is 0. The summed E-state index contributed by atoms with van der Waals surface area (Å²) in [5.41, 5.74) is 0. The van der Waals surface area contributed by atoms with E-state index >= 15 is 0 Å². The quantitative estimate of drug-likeness (QED) is 0.350. The van der Waals surface area contributed by atoms with Gasteiger partial charge in [-0.3, -0.25) is 0 Å². The molecule has 0 aromatic heterocycles. The average Bonchev–Trinajstić information content (AvgIpc) is 1.00. The molecule has 0 nitrogen and oxygen atoms in total. The summed E-state index contributed by atoms with van der Waals surface area (Å²) in [6.07, 6.45) is 0. The Balaban J connectivity index is -0.00000000500. The maximum absolute atomic E-state index is 3.78. The predicted octanol–water partition coefficient (Wildman–Crippen LogP) is -1.51. The van der Waals surface area contributed by atoms with Gasteiger partial charge in [0.05, 0.1) is 0 Å². The van der Waals surface area contributed by atoms with Gasteiger partial charge in [-0.2, -0.15) is 0 Å². The summed E-state index contributed by atoms with van der Waals surface area (Å²) in [5, 5.41) is 0. The molecule has 0 aromatic carbocycles. The fraction of sp³-hybridized carbons (Fsp3) is 0. The summed E-state index contributed by atoms with van der Waals surface area (Å²) in [6, 6.07) is 0. The van der Waals surface area contributed by atoms with Gasteiger partial charge in [0, 0.05) is 8.02 Å². The number of hydrogen-bond acceptors (Lipinski definition) is 1. The third-order valence-electron chi connectivity index (χ3n) is 0. The van der Waals surface area contributed by atoms with Gasteiger partial charge in [-0.15, -0.1) is 0 Å². The minimum absolute atomic E-state index is 0. The molecule has 0 rings (SSSR count). The van der Waals surface area contributed by atoms with Crippen LogP contribution in [-0.2, 0) is 11.8 Å². The van der Waals surface area contributed by atoms with Crippen molar-refractivity contribution in [3.05, 3.63) is 0 Å². The van der Waals surface area contributed by atoms with Crippen molar-refractivity contribution in [3.8, 4) is 0 Å². The summed E-state index contributed by atoms with van der Waals surface area (Å²) >= 11 is 3.78. The molecule has 0 aromatic rings. The van der Waals surface area contributed by atoms with E-state index in [9.17, 15) is 0 Å². The van der Waals surface area contributed by atoms with Crippen LogP contribution in [0.3, 0.4) is 0 Å². The Morgan fingerprint density at radius 2 is 1.25 bits per heavy atom. The van der Waals surface area contributed by atoms with Gasteiger partial charge in [0.2, 0.25) is 0 Å². The second kappa shape index (κ2) is 24.0. The SMILES string of the molecule is [P]=S.[SiH4].[SnH2]. The molecule has 0 spiro atoms. The van der Waals surface area contributed by atoms with E-state index in [0.717, 1.165) is 0 Å². The van der Waals surface area contributed by atoms with E-state index in [0.29, 0.717) is 0 Å². The molecule has 0 aliphatic heterocycles. The monoisotopic (exact) mass is 217 g/mol. The first kappa shape index (κ1) is 17.7. The van der Waals surface area contributed by atoms with Crippen molar-refractivity contribution in [3.63, 3.8) is 0 Å². The number of rotatable bonds is 0. The van der Waals surface area contributed by atoms with Crippen molar-refractivity contribution in [2.45, 2.75) is 0 Å². The average molecular weight is 216 g/mol. The Morgan fingerprint density at radius 1 is 1.25 bits per heavy atom. The third kappa shape index (κ3) is 9.64. The molecule has 0 aliphatic rings. The Hall–Kier alpha value is 1.54. The van der Waals surface area contributed by atoms with Crippen molar-refractivity contribution in [2.75, 3.05) is 0 Å². The summed E-state index contributed by atoms with van der Waals surface area (Å²) < 4.78 is 0. The summed E-state index contributed by atoms with van der Waals surface area (Å²) in [6.45, 7) is 0. The second-order valence-corrected chi connectivity index (χ2v) is 0. The molecular weight excluding hydrogens is 210 g/mol. The van der Waals surface area contributed by atoms with E-state index in [2.05, 4.69) is 19.8 Å². The van der Waals surface area contributed by atoms with Gasteiger partial charge in [-0.05, 0) is 22.8 Å². The van der Waals surface area contributed by atoms with Crippen molar-refractivity contribution in [2.24, 2.45) is 0 Å². The maximum atomic E-state index is 3.78. The van der Waals surface area contributed by atoms with Gasteiger partial charge in [-0.25, -0.2) is 0 Å². The molecule has 4 heavy (non-hydrogen) atoms. The van der Waals surface area contributed by atoms with E-state index in [4.69, 9.17) is 0 Å². The van der Waals surface area contributed by atoms with Crippen LogP contribution in [0.5, 0.6) is 0 Å². The van der Waals surface area contributed by atoms with Gasteiger partial charge in [0.15, 0.2) is 0 Å². The van der Waals surface area contributed by atoms with Gasteiger partial charge >= 0.3 is 23.9 Å². The van der Waals surface area contributed by atoms with E-state index in [1.165, 1.54) is 0 Å². The van der Waals surface area contributed by atoms with E-state index < -0.39 is 0 Å². The molecule has 4 heteroatoms. The molecule has 0 N–H and O–H groups in total. The van der Waals surface area contributed by atoms with Crippen LogP contribution in [0.2, 0.25) is 0 Å². The molecular formula is H6PSSiSn. The van der Waals surface area contributed by atoms with Crippen molar-refractivity contribution < 1.29 is 0 Å². The van der Waals surface area contributed by atoms with Crippen molar-refractivity contribution >= 4 is 54.7 Å². The Kier molecular flexibility index (Phi) is 106. The minimum atomic E-state index is 0. The summed E-state index contributed by atoms with van der Waals surface area (Å²) in [5.74, 6) is 0. The first-order chi connectivity index (χ1) is 1.00. The fourth-order valence-electron chi connectivity index (χ4n) is 0. The molecule has 0 fully saturated rings. The molecule has 0 aliphatic carbocycles. The molecule has 0 heterocycles. The van der Waals surface area contributed by atoms with Crippen molar-refractivity contribution in [1.82, 2.24) is 0 Å². The molecule has 3 radical (unpaired) electrons. The van der Waals surface area contributed by atoms with Crippen molar-refractivity contribution in [1.29, 1.82) is 0 Å². The Labute approximate surface area is 54.6 Å². The third-order valence-corrected chi connectivity index (χ3v) is 0. The molecule has 0 unspecified atom stereocenters. The van der Waals surface area contributed by atoms with Gasteiger partial charge in [-0.1, -0.05) is 0 Å². The van der Waals surface area contributed by atoms with Gasteiger partial charge in [0.1, 0.15) is 0 Å². The van der Waals surface area contributed by atoms with Gasteiger partial charge < -0.3 is 0 Å². The van der Waals surface area contributed by atoms with Crippen LogP contribution in [0.25, 0.3) is 0 Å². The normalized spacial score (nSPS) is 1.00. The van der Waals surface area contributed by atoms with Crippen LogP contribution < -0.4 is 0 Å². The van der Waals surface area contributed by atoms with Crippen LogP contribution >= 0.6 is 8.02 Å². The summed E-state index contributed by atoms with van der Waals surface area (Å²) in [4.78, 5) is 0. The Morgan fingerprint density at radius 3 is 1.25 bits per heavy atom. The van der Waals surface area contributed by atoms with Crippen LogP contribution in [0.4, 0.5) is 0 Å². The number of hydrogen-bond donors (Lipinski definition) is 0. The first-order valence-electron chi connectivity index (χ1n) is 0.183. The van der Waals surface area contributed by atoms with E-state index in [1.807, 2.05) is 0 Å². The fourth-order valence-corrected chi connectivity index (χ4v) is 0. The molecule has 0 bridgehead atoms. The molecule has 0 saturated carbocycles. The molecule has 0 atom stereocenters. The Bertz CT molecular complexity index is 8.00. The van der Waals surface area contributed by atoms with E-state index in [-0.39, 0.29) is 34.9 Å². The zero-order valence-electron chi connectivity index (χ0n) is 1.56. The van der Waals surface area contributed by atoms with Gasteiger partial charge in [0.25, 0.3) is 0 Å². The first-order valence-corrected chi connectivity index (χ1v) is 1.64. The molecule has 0 amide bonds. The van der Waals surface area contributed by atoms with Crippen LogP contribution in [0.15, 0.2) is 0 Å². The standard InChI is InChI=1S/PS.H4Si.Sn.2H/c1-2;;;;/h;1H4;;;. The van der Waals surface area contributed by atoms with Crippen LogP contribution in [-0.4, -0.2) is 34.9 Å². The molecule has 25 valence electrons. The van der Waals surface area contributed by atoms with Crippen LogP contribution in [0, 0.1) is 0 Å². The zero-order valence-corrected chi connectivity index (χ0v) is 7.31. The zero-order chi connectivity index (χ0) is 2.00. The van der Waals surface area contributed by atoms with Crippen LogP contribution in [0.1, 0.15) is 0 Å². The van der Waals surface area contributed by atoms with E-state index in [1.54, 1.807) is 0 Å². The summed E-state index contributed by atoms with van der Waals surface area (Å²) in [7, 11) is 3.11.